The van der Waals surface area contributed by atoms with E-state index in [4.69, 9.17) is 5.26 Å². The Morgan fingerprint density at radius 3 is 2.85 bits per heavy atom. The number of nitrogens with zero attached hydrogens (tertiary/aromatic N) is 1. The SMILES string of the molecule is N#CCC(=O)c1ccc(F)c(Br)c1. The number of ketones is 1. The van der Waals surface area contributed by atoms with Gasteiger partial charge < -0.3 is 0 Å². The van der Waals surface area contributed by atoms with Crippen LogP contribution in [0.2, 0.25) is 0 Å². The van der Waals surface area contributed by atoms with Crippen LogP contribution in [0.25, 0.3) is 0 Å². The third-order valence-electron chi connectivity index (χ3n) is 1.48. The molecule has 0 spiro atoms. The summed E-state index contributed by atoms with van der Waals surface area (Å²) >= 11 is 2.96. The first kappa shape index (κ1) is 9.87. The summed E-state index contributed by atoms with van der Waals surface area (Å²) in [6.07, 6.45) is -0.182. The molecule has 0 unspecified atom stereocenters. The molecule has 0 amide bonds. The predicted molar refractivity (Wildman–Crippen MR) is 48.7 cm³/mol. The summed E-state index contributed by atoms with van der Waals surface area (Å²) in [4.78, 5) is 11.1. The Balaban J connectivity index is 2.98. The van der Waals surface area contributed by atoms with E-state index in [1.54, 1.807) is 6.07 Å². The van der Waals surface area contributed by atoms with Crippen molar-refractivity contribution in [1.29, 1.82) is 5.26 Å². The van der Waals surface area contributed by atoms with Crippen LogP contribution in [0.5, 0.6) is 0 Å². The van der Waals surface area contributed by atoms with Crippen LogP contribution in [0.3, 0.4) is 0 Å². The van der Waals surface area contributed by atoms with E-state index < -0.39 is 5.82 Å². The molecule has 0 saturated carbocycles. The van der Waals surface area contributed by atoms with Crippen LogP contribution < -0.4 is 0 Å². The van der Waals surface area contributed by atoms with Crippen LogP contribution in [0.1, 0.15) is 16.8 Å². The maximum Gasteiger partial charge on any atom is 0.176 e. The molecule has 1 aromatic carbocycles. The minimum atomic E-state index is -0.423. The summed E-state index contributed by atoms with van der Waals surface area (Å²) in [5, 5.41) is 8.27. The molecule has 2 nitrogen and oxygen atoms in total. The lowest BCUT2D eigenvalue weighted by Gasteiger charge is -1.98. The van der Waals surface area contributed by atoms with Gasteiger partial charge in [0.1, 0.15) is 5.82 Å². The average Bonchev–Trinajstić information content (AvgIpc) is 2.10. The predicted octanol–water partition coefficient (Wildman–Crippen LogP) is 2.68. The van der Waals surface area contributed by atoms with Gasteiger partial charge in [0.2, 0.25) is 0 Å². The van der Waals surface area contributed by atoms with Crippen LogP contribution in [-0.2, 0) is 0 Å². The minimum Gasteiger partial charge on any atom is -0.293 e. The quantitative estimate of drug-likeness (QED) is 0.748. The second-order valence-corrected chi connectivity index (χ2v) is 3.24. The Hall–Kier alpha value is -1.21. The Labute approximate surface area is 83.1 Å². The van der Waals surface area contributed by atoms with E-state index in [2.05, 4.69) is 15.9 Å². The maximum atomic E-state index is 12.7. The molecule has 1 rings (SSSR count). The molecule has 0 N–H and O–H groups in total. The smallest absolute Gasteiger partial charge is 0.176 e. The van der Waals surface area contributed by atoms with E-state index in [-0.39, 0.29) is 16.7 Å². The highest BCUT2D eigenvalue weighted by Gasteiger charge is 2.07. The lowest BCUT2D eigenvalue weighted by Crippen LogP contribution is -1.97. The van der Waals surface area contributed by atoms with Crippen molar-refractivity contribution in [2.75, 3.05) is 0 Å². The van der Waals surface area contributed by atoms with Crippen LogP contribution in [-0.4, -0.2) is 5.78 Å². The summed E-state index contributed by atoms with van der Waals surface area (Å²) in [6.45, 7) is 0. The van der Waals surface area contributed by atoms with Crippen LogP contribution in [0, 0.1) is 17.1 Å². The number of Topliss-reactive ketones (excluding diaryl/α,β-unsaturated/α-hetero) is 1. The molecule has 0 atom stereocenters. The van der Waals surface area contributed by atoms with Crippen molar-refractivity contribution in [3.05, 3.63) is 34.1 Å². The zero-order chi connectivity index (χ0) is 9.84. The van der Waals surface area contributed by atoms with Gasteiger partial charge >= 0.3 is 0 Å². The molecule has 0 fully saturated rings. The molecular formula is C9H5BrFNO. The number of nitriles is 1. The molecule has 0 bridgehead atoms. The van der Waals surface area contributed by atoms with Gasteiger partial charge in [0.25, 0.3) is 0 Å². The number of carbonyl (C=O) groups is 1. The summed E-state index contributed by atoms with van der Waals surface area (Å²) in [5.41, 5.74) is 0.342. The maximum absolute atomic E-state index is 12.7. The van der Waals surface area contributed by atoms with Crippen molar-refractivity contribution in [2.45, 2.75) is 6.42 Å². The van der Waals surface area contributed by atoms with Crippen molar-refractivity contribution >= 4 is 21.7 Å². The third-order valence-corrected chi connectivity index (χ3v) is 2.09. The largest absolute Gasteiger partial charge is 0.293 e. The Kier molecular flexibility index (Phi) is 3.15. The molecule has 13 heavy (non-hydrogen) atoms. The Morgan fingerprint density at radius 1 is 1.62 bits per heavy atom. The summed E-state index contributed by atoms with van der Waals surface area (Å²) < 4.78 is 13.0. The normalized spacial score (nSPS) is 9.31. The van der Waals surface area contributed by atoms with E-state index in [0.717, 1.165) is 0 Å². The molecule has 0 aliphatic rings. The zero-order valence-electron chi connectivity index (χ0n) is 6.55. The van der Waals surface area contributed by atoms with Crippen LogP contribution >= 0.6 is 15.9 Å². The zero-order valence-corrected chi connectivity index (χ0v) is 8.14. The fourth-order valence-corrected chi connectivity index (χ4v) is 1.22. The van der Waals surface area contributed by atoms with Crippen LogP contribution in [0.15, 0.2) is 22.7 Å². The monoisotopic (exact) mass is 241 g/mol. The highest BCUT2D eigenvalue weighted by Crippen LogP contribution is 2.17. The van der Waals surface area contributed by atoms with E-state index in [0.29, 0.717) is 5.56 Å². The second kappa shape index (κ2) is 4.15. The van der Waals surface area contributed by atoms with Gasteiger partial charge in [-0.15, -0.1) is 0 Å². The molecule has 0 aromatic heterocycles. The number of benzene rings is 1. The van der Waals surface area contributed by atoms with E-state index in [1.165, 1.54) is 18.2 Å². The minimum absolute atomic E-state index is 0.182. The van der Waals surface area contributed by atoms with Crippen molar-refractivity contribution < 1.29 is 9.18 Å². The van der Waals surface area contributed by atoms with Gasteiger partial charge in [-0.3, -0.25) is 4.79 Å². The molecule has 66 valence electrons. The van der Waals surface area contributed by atoms with Gasteiger partial charge in [0.15, 0.2) is 5.78 Å². The number of hydrogen-bond acceptors (Lipinski definition) is 2. The fraction of sp³-hybridized carbons (Fsp3) is 0.111. The van der Waals surface area contributed by atoms with Crippen LogP contribution in [0.4, 0.5) is 4.39 Å². The van der Waals surface area contributed by atoms with E-state index >= 15 is 0 Å². The lowest BCUT2D eigenvalue weighted by molar-refractivity contribution is 0.0997. The molecular weight excluding hydrogens is 237 g/mol. The Morgan fingerprint density at radius 2 is 2.31 bits per heavy atom. The molecule has 4 heteroatoms. The first-order valence-electron chi connectivity index (χ1n) is 3.50. The fourth-order valence-electron chi connectivity index (χ4n) is 0.843. The third kappa shape index (κ3) is 2.36. The summed E-state index contributed by atoms with van der Waals surface area (Å²) in [5.74, 6) is -0.725. The summed E-state index contributed by atoms with van der Waals surface area (Å²) in [7, 11) is 0. The van der Waals surface area contributed by atoms with Crippen molar-refractivity contribution in [3.63, 3.8) is 0 Å². The molecule has 1 aromatic rings. The van der Waals surface area contributed by atoms with Gasteiger partial charge in [-0.05, 0) is 34.1 Å². The summed E-state index contributed by atoms with van der Waals surface area (Å²) in [6, 6.07) is 5.66. The first-order valence-corrected chi connectivity index (χ1v) is 4.29. The average molecular weight is 242 g/mol. The van der Waals surface area contributed by atoms with E-state index in [1.807, 2.05) is 0 Å². The Bertz CT molecular complexity index is 384. The van der Waals surface area contributed by atoms with Gasteiger partial charge in [-0.2, -0.15) is 5.26 Å². The van der Waals surface area contributed by atoms with Crippen molar-refractivity contribution in [1.82, 2.24) is 0 Å². The molecule has 0 aliphatic heterocycles. The molecule has 0 radical (unpaired) electrons. The van der Waals surface area contributed by atoms with Gasteiger partial charge in [-0.1, -0.05) is 0 Å². The highest BCUT2D eigenvalue weighted by molar-refractivity contribution is 9.10. The van der Waals surface area contributed by atoms with Crippen molar-refractivity contribution in [2.24, 2.45) is 0 Å². The van der Waals surface area contributed by atoms with E-state index in [9.17, 15) is 9.18 Å². The standard InChI is InChI=1S/C9H5BrFNO/c10-7-5-6(1-2-8(7)11)9(13)3-4-12/h1-2,5H,3H2. The first-order chi connectivity index (χ1) is 6.15. The number of halogens is 2. The molecule has 0 aliphatic carbocycles. The van der Waals surface area contributed by atoms with Gasteiger partial charge in [0.05, 0.1) is 17.0 Å². The molecule has 0 heterocycles. The number of rotatable bonds is 2. The van der Waals surface area contributed by atoms with Crippen molar-refractivity contribution in [3.8, 4) is 6.07 Å². The highest BCUT2D eigenvalue weighted by atomic mass is 79.9. The molecule has 0 saturated heterocycles. The number of hydrogen-bond donors (Lipinski definition) is 0. The topological polar surface area (TPSA) is 40.9 Å². The second-order valence-electron chi connectivity index (χ2n) is 2.39. The number of carbonyl (C=O) groups excluding carboxylic acids is 1. The van der Waals surface area contributed by atoms with Gasteiger partial charge in [0, 0.05) is 5.56 Å². The lowest BCUT2D eigenvalue weighted by atomic mass is 10.1. The van der Waals surface area contributed by atoms with Gasteiger partial charge in [-0.25, -0.2) is 4.39 Å².